The average molecular weight is 406 g/mol. The number of rotatable bonds is 3. The van der Waals surface area contributed by atoms with Crippen LogP contribution in [0.1, 0.15) is 31.2 Å². The van der Waals surface area contributed by atoms with Crippen LogP contribution in [0, 0.1) is 11.3 Å². The Morgan fingerprint density at radius 3 is 2.37 bits per heavy atom. The highest BCUT2D eigenvalue weighted by Gasteiger charge is 2.26. The zero-order valence-electron chi connectivity index (χ0n) is 14.6. The molecule has 0 atom stereocenters. The van der Waals surface area contributed by atoms with E-state index in [2.05, 4.69) is 5.32 Å². The van der Waals surface area contributed by atoms with E-state index in [-0.39, 0.29) is 23.8 Å². The monoisotopic (exact) mass is 405 g/mol. The lowest BCUT2D eigenvalue weighted by Crippen LogP contribution is -2.38. The molecule has 2 aromatic carbocycles. The molecule has 5 nitrogen and oxygen atoms in total. The number of amides is 1. The Labute approximate surface area is 168 Å². The van der Waals surface area contributed by atoms with Crippen LogP contribution in [-0.4, -0.2) is 23.0 Å². The molecule has 0 saturated heterocycles. The quantitative estimate of drug-likeness (QED) is 0.349. The van der Waals surface area contributed by atoms with Crippen LogP contribution in [0.4, 0.5) is 5.69 Å². The van der Waals surface area contributed by atoms with E-state index in [0.717, 1.165) is 5.56 Å². The van der Waals surface area contributed by atoms with Gasteiger partial charge in [0.25, 0.3) is 0 Å². The number of carbonyl (C=O) groups is 1. The van der Waals surface area contributed by atoms with Crippen molar-refractivity contribution in [1.82, 2.24) is 5.32 Å². The summed E-state index contributed by atoms with van der Waals surface area (Å²) in [5.74, 6) is -0.475. The molecule has 0 aliphatic heterocycles. The van der Waals surface area contributed by atoms with E-state index in [1.54, 1.807) is 36.4 Å². The summed E-state index contributed by atoms with van der Waals surface area (Å²) in [6, 6.07) is 10.4. The highest BCUT2D eigenvalue weighted by molar-refractivity contribution is 6.39. The van der Waals surface area contributed by atoms with Gasteiger partial charge in [-0.25, -0.2) is 0 Å². The van der Waals surface area contributed by atoms with Crippen LogP contribution in [0.5, 0.6) is 0 Å². The average Bonchev–Trinajstić information content (AvgIpc) is 2.63. The van der Waals surface area contributed by atoms with Gasteiger partial charge in [-0.05, 0) is 55.5 Å². The van der Waals surface area contributed by atoms with Gasteiger partial charge < -0.3 is 16.2 Å². The minimum absolute atomic E-state index is 0.0614. The standard InChI is InChI=1S/C20H21Cl2N3O2/c21-15-2-1-3-16(22)18(15)12-6-9-17(23)14(10-12)19(24)25-20(27)11-4-7-13(26)8-5-11/h1-3,6,9-11,13,26H,4-5,7-8,23H2,(H2,24,25,27). The smallest absolute Gasteiger partial charge is 0.228 e. The van der Waals surface area contributed by atoms with Crippen LogP contribution in [-0.2, 0) is 4.79 Å². The number of amidine groups is 1. The van der Waals surface area contributed by atoms with Gasteiger partial charge in [0.2, 0.25) is 5.91 Å². The summed E-state index contributed by atoms with van der Waals surface area (Å²) in [6.07, 6.45) is 2.11. The van der Waals surface area contributed by atoms with Crippen molar-refractivity contribution in [2.24, 2.45) is 5.92 Å². The molecule has 0 radical (unpaired) electrons. The molecule has 1 fully saturated rings. The maximum atomic E-state index is 12.4. The third-order valence-electron chi connectivity index (χ3n) is 4.89. The Morgan fingerprint density at radius 1 is 1.11 bits per heavy atom. The predicted octanol–water partition coefficient (Wildman–Crippen LogP) is 4.24. The van der Waals surface area contributed by atoms with Gasteiger partial charge in [0.15, 0.2) is 0 Å². The molecule has 0 spiro atoms. The topological polar surface area (TPSA) is 99.2 Å². The highest BCUT2D eigenvalue weighted by atomic mass is 35.5. The summed E-state index contributed by atoms with van der Waals surface area (Å²) in [6.45, 7) is 0. The van der Waals surface area contributed by atoms with Gasteiger partial charge in [-0.2, -0.15) is 0 Å². The van der Waals surface area contributed by atoms with E-state index in [1.165, 1.54) is 0 Å². The van der Waals surface area contributed by atoms with Crippen molar-refractivity contribution < 1.29 is 9.90 Å². The third kappa shape index (κ3) is 4.43. The number of hydrogen-bond donors (Lipinski definition) is 4. The number of halogens is 2. The van der Waals surface area contributed by atoms with E-state index in [9.17, 15) is 9.90 Å². The van der Waals surface area contributed by atoms with Crippen molar-refractivity contribution in [2.75, 3.05) is 5.73 Å². The number of benzene rings is 2. The molecule has 0 bridgehead atoms. The molecule has 0 unspecified atom stereocenters. The lowest BCUT2D eigenvalue weighted by atomic mass is 9.87. The second kappa shape index (κ2) is 8.30. The van der Waals surface area contributed by atoms with Gasteiger partial charge in [0.1, 0.15) is 5.84 Å². The van der Waals surface area contributed by atoms with Crippen LogP contribution >= 0.6 is 23.2 Å². The van der Waals surface area contributed by atoms with E-state index in [1.807, 2.05) is 0 Å². The first-order valence-electron chi connectivity index (χ1n) is 8.78. The minimum Gasteiger partial charge on any atom is -0.398 e. The molecule has 1 saturated carbocycles. The number of hydrogen-bond acceptors (Lipinski definition) is 4. The van der Waals surface area contributed by atoms with E-state index < -0.39 is 0 Å². The van der Waals surface area contributed by atoms with Gasteiger partial charge in [-0.1, -0.05) is 35.3 Å². The van der Waals surface area contributed by atoms with Crippen LogP contribution in [0.3, 0.4) is 0 Å². The first kappa shape index (κ1) is 19.7. The molecule has 27 heavy (non-hydrogen) atoms. The zero-order chi connectivity index (χ0) is 19.6. The summed E-state index contributed by atoms with van der Waals surface area (Å²) in [5, 5.41) is 21.5. The van der Waals surface area contributed by atoms with Crippen molar-refractivity contribution in [3.63, 3.8) is 0 Å². The van der Waals surface area contributed by atoms with Crippen LogP contribution in [0.2, 0.25) is 10.0 Å². The lowest BCUT2D eigenvalue weighted by molar-refractivity contribution is -0.125. The number of nitrogens with one attached hydrogen (secondary N) is 2. The Kier molecular flexibility index (Phi) is 6.05. The van der Waals surface area contributed by atoms with E-state index >= 15 is 0 Å². The summed E-state index contributed by atoms with van der Waals surface area (Å²) >= 11 is 12.5. The number of aliphatic hydroxyl groups is 1. The molecule has 5 N–H and O–H groups in total. The van der Waals surface area contributed by atoms with Gasteiger partial charge in [0, 0.05) is 32.8 Å². The first-order chi connectivity index (χ1) is 12.9. The Hall–Kier alpha value is -2.08. The molecule has 1 aliphatic rings. The molecule has 0 heterocycles. The lowest BCUT2D eigenvalue weighted by Gasteiger charge is -2.24. The Morgan fingerprint density at radius 2 is 1.74 bits per heavy atom. The van der Waals surface area contributed by atoms with Gasteiger partial charge in [0.05, 0.1) is 6.10 Å². The fourth-order valence-corrected chi connectivity index (χ4v) is 3.95. The predicted molar refractivity (Wildman–Crippen MR) is 109 cm³/mol. The maximum absolute atomic E-state index is 12.4. The number of nitrogen functional groups attached to an aromatic ring is 1. The van der Waals surface area contributed by atoms with Crippen molar-refractivity contribution in [1.29, 1.82) is 5.41 Å². The minimum atomic E-state index is -0.332. The Bertz CT molecular complexity index is 857. The summed E-state index contributed by atoms with van der Waals surface area (Å²) in [4.78, 5) is 12.4. The second-order valence-corrected chi connectivity index (χ2v) is 7.58. The molecule has 7 heteroatoms. The van der Waals surface area contributed by atoms with Crippen LogP contribution < -0.4 is 11.1 Å². The van der Waals surface area contributed by atoms with Crippen molar-refractivity contribution in [2.45, 2.75) is 31.8 Å². The second-order valence-electron chi connectivity index (χ2n) is 6.77. The molecule has 142 valence electrons. The van der Waals surface area contributed by atoms with E-state index in [0.29, 0.717) is 52.5 Å². The number of aliphatic hydroxyl groups excluding tert-OH is 1. The zero-order valence-corrected chi connectivity index (χ0v) is 16.1. The normalized spacial score (nSPS) is 19.5. The number of carbonyl (C=O) groups excluding carboxylic acids is 1. The SMILES string of the molecule is N=C(NC(=O)C1CCC(O)CC1)c1cc(-c2c(Cl)cccc2Cl)ccc1N. The van der Waals surface area contributed by atoms with Crippen molar-refractivity contribution in [3.8, 4) is 11.1 Å². The molecule has 0 aromatic heterocycles. The Balaban J connectivity index is 1.82. The highest BCUT2D eigenvalue weighted by Crippen LogP contribution is 2.35. The largest absolute Gasteiger partial charge is 0.398 e. The van der Waals surface area contributed by atoms with Crippen molar-refractivity contribution >= 4 is 40.6 Å². The molecular weight excluding hydrogens is 385 g/mol. The van der Waals surface area contributed by atoms with Gasteiger partial charge in [-0.15, -0.1) is 0 Å². The van der Waals surface area contributed by atoms with Crippen molar-refractivity contribution in [3.05, 3.63) is 52.0 Å². The van der Waals surface area contributed by atoms with Crippen LogP contribution in [0.25, 0.3) is 11.1 Å². The van der Waals surface area contributed by atoms with Gasteiger partial charge >= 0.3 is 0 Å². The molecule has 2 aromatic rings. The molecule has 1 amide bonds. The first-order valence-corrected chi connectivity index (χ1v) is 9.54. The summed E-state index contributed by atoms with van der Waals surface area (Å²) in [7, 11) is 0. The summed E-state index contributed by atoms with van der Waals surface area (Å²) in [5.41, 5.74) is 8.19. The van der Waals surface area contributed by atoms with Crippen LogP contribution in [0.15, 0.2) is 36.4 Å². The fraction of sp³-hybridized carbons (Fsp3) is 0.300. The molecular formula is C20H21Cl2N3O2. The molecule has 3 rings (SSSR count). The molecule has 1 aliphatic carbocycles. The fourth-order valence-electron chi connectivity index (χ4n) is 3.33. The maximum Gasteiger partial charge on any atom is 0.228 e. The van der Waals surface area contributed by atoms with Gasteiger partial charge in [-0.3, -0.25) is 10.2 Å². The number of nitrogens with two attached hydrogens (primary N) is 1. The number of anilines is 1. The van der Waals surface area contributed by atoms with E-state index in [4.69, 9.17) is 34.3 Å². The summed E-state index contributed by atoms with van der Waals surface area (Å²) < 4.78 is 0. The third-order valence-corrected chi connectivity index (χ3v) is 5.52.